The molecule has 1 aliphatic heterocycles. The lowest BCUT2D eigenvalue weighted by atomic mass is 10.0. The standard InChI is InChI=1S/C30H33ClN6O2/c1-20(2)18-34-29(32-3)24-6-4-5-22-25-19-33-10-9-23(25)30(36-28(22)24)35-27-8-7-21(17-26(27)31)39-16-13-37-11-14-38-15-12-37/h4-10,17-19H,11-16H2,1-3H3,(H,32,34)(H,35,36). The fourth-order valence-corrected chi connectivity index (χ4v) is 4.78. The molecule has 2 aromatic heterocycles. The molecular formula is C30H33ClN6O2. The van der Waals surface area contributed by atoms with Gasteiger partial charge in [-0.2, -0.15) is 0 Å². The summed E-state index contributed by atoms with van der Waals surface area (Å²) in [4.78, 5) is 16.3. The molecule has 0 amide bonds. The van der Waals surface area contributed by atoms with Crippen LogP contribution in [0.1, 0.15) is 19.4 Å². The molecule has 2 aromatic carbocycles. The van der Waals surface area contributed by atoms with Crippen LogP contribution in [0.2, 0.25) is 5.02 Å². The molecule has 3 heterocycles. The normalized spacial score (nSPS) is 14.4. The Morgan fingerprint density at radius 3 is 2.74 bits per heavy atom. The van der Waals surface area contributed by atoms with Crippen LogP contribution in [-0.2, 0) is 4.74 Å². The van der Waals surface area contributed by atoms with Crippen molar-refractivity contribution in [2.24, 2.45) is 4.99 Å². The van der Waals surface area contributed by atoms with Crippen LogP contribution in [0.4, 0.5) is 11.5 Å². The number of hydrogen-bond donors (Lipinski definition) is 2. The van der Waals surface area contributed by atoms with E-state index in [4.69, 9.17) is 26.1 Å². The number of allylic oxidation sites excluding steroid dienone is 1. The number of aliphatic imine (C=N–C) groups is 1. The summed E-state index contributed by atoms with van der Waals surface area (Å²) < 4.78 is 11.4. The summed E-state index contributed by atoms with van der Waals surface area (Å²) in [6.45, 7) is 8.95. The summed E-state index contributed by atoms with van der Waals surface area (Å²) in [6.07, 6.45) is 5.58. The van der Waals surface area contributed by atoms with Gasteiger partial charge in [0.1, 0.15) is 24.0 Å². The third-order valence-electron chi connectivity index (χ3n) is 6.58. The number of nitrogens with one attached hydrogen (secondary N) is 2. The Kier molecular flexibility index (Phi) is 8.56. The van der Waals surface area contributed by atoms with E-state index >= 15 is 0 Å². The van der Waals surface area contributed by atoms with Crippen molar-refractivity contribution in [3.63, 3.8) is 0 Å². The molecule has 0 unspecified atom stereocenters. The zero-order valence-corrected chi connectivity index (χ0v) is 23.3. The van der Waals surface area contributed by atoms with Gasteiger partial charge in [-0.3, -0.25) is 14.9 Å². The summed E-state index contributed by atoms with van der Waals surface area (Å²) in [7, 11) is 1.77. The highest BCUT2D eigenvalue weighted by Crippen LogP contribution is 2.35. The molecule has 4 aromatic rings. The fourth-order valence-electron chi connectivity index (χ4n) is 4.56. The molecule has 0 spiro atoms. The molecule has 0 atom stereocenters. The zero-order chi connectivity index (χ0) is 27.2. The van der Waals surface area contributed by atoms with Gasteiger partial charge >= 0.3 is 0 Å². The van der Waals surface area contributed by atoms with E-state index in [0.717, 1.165) is 82.9 Å². The predicted molar refractivity (Wildman–Crippen MR) is 160 cm³/mol. The summed E-state index contributed by atoms with van der Waals surface area (Å²) in [5.74, 6) is 2.16. The van der Waals surface area contributed by atoms with E-state index in [-0.39, 0.29) is 0 Å². The van der Waals surface area contributed by atoms with Crippen LogP contribution in [0.25, 0.3) is 21.7 Å². The first-order chi connectivity index (χ1) is 19.0. The number of hydrogen-bond acceptors (Lipinski definition) is 7. The van der Waals surface area contributed by atoms with E-state index in [1.54, 1.807) is 13.2 Å². The van der Waals surface area contributed by atoms with Crippen molar-refractivity contribution in [2.45, 2.75) is 13.8 Å². The van der Waals surface area contributed by atoms with Crippen molar-refractivity contribution in [3.8, 4) is 5.75 Å². The monoisotopic (exact) mass is 544 g/mol. The van der Waals surface area contributed by atoms with Gasteiger partial charge in [0.25, 0.3) is 0 Å². The number of nitrogens with zero attached hydrogens (tertiary/aromatic N) is 4. The summed E-state index contributed by atoms with van der Waals surface area (Å²) in [6, 6.07) is 13.7. The van der Waals surface area contributed by atoms with E-state index in [1.807, 2.05) is 62.6 Å². The minimum atomic E-state index is 0.553. The number of amidine groups is 1. The molecular weight excluding hydrogens is 512 g/mol. The van der Waals surface area contributed by atoms with Gasteiger partial charge in [0.15, 0.2) is 0 Å². The molecule has 0 radical (unpaired) electrons. The fraction of sp³-hybridized carbons (Fsp3) is 0.300. The van der Waals surface area contributed by atoms with Gasteiger partial charge < -0.3 is 20.1 Å². The molecule has 1 fully saturated rings. The molecule has 1 saturated heterocycles. The maximum absolute atomic E-state index is 6.71. The maximum Gasteiger partial charge on any atom is 0.139 e. The second kappa shape index (κ2) is 12.4. The smallest absolute Gasteiger partial charge is 0.139 e. The average Bonchev–Trinajstić information content (AvgIpc) is 2.95. The molecule has 202 valence electrons. The molecule has 0 bridgehead atoms. The number of halogens is 1. The van der Waals surface area contributed by atoms with Crippen LogP contribution in [0.15, 0.2) is 71.6 Å². The summed E-state index contributed by atoms with van der Waals surface area (Å²) in [5.41, 5.74) is 3.60. The number of para-hydroxylation sites is 1. The van der Waals surface area contributed by atoms with Gasteiger partial charge in [-0.1, -0.05) is 29.3 Å². The van der Waals surface area contributed by atoms with Gasteiger partial charge in [0.2, 0.25) is 0 Å². The van der Waals surface area contributed by atoms with Crippen molar-refractivity contribution >= 4 is 50.6 Å². The highest BCUT2D eigenvalue weighted by Gasteiger charge is 2.16. The molecule has 9 heteroatoms. The topological polar surface area (TPSA) is 83.9 Å². The molecule has 1 aliphatic rings. The average molecular weight is 545 g/mol. The minimum Gasteiger partial charge on any atom is -0.492 e. The van der Waals surface area contributed by atoms with E-state index in [0.29, 0.717) is 17.4 Å². The summed E-state index contributed by atoms with van der Waals surface area (Å²) >= 11 is 6.71. The summed E-state index contributed by atoms with van der Waals surface area (Å²) in [5, 5.41) is 10.3. The Hall–Kier alpha value is -3.72. The van der Waals surface area contributed by atoms with Gasteiger partial charge in [-0.05, 0) is 38.1 Å². The van der Waals surface area contributed by atoms with Crippen LogP contribution in [0, 0.1) is 0 Å². The number of rotatable bonds is 8. The SMILES string of the molecule is CN=C(NC=C(C)C)c1cccc2c1nc(Nc1ccc(OCCN3CCOCC3)cc1Cl)c1ccncc12. The van der Waals surface area contributed by atoms with E-state index in [2.05, 4.69) is 31.6 Å². The van der Waals surface area contributed by atoms with Crippen molar-refractivity contribution in [2.75, 3.05) is 51.8 Å². The third-order valence-corrected chi connectivity index (χ3v) is 6.89. The lowest BCUT2D eigenvalue weighted by Crippen LogP contribution is -2.38. The Morgan fingerprint density at radius 1 is 1.13 bits per heavy atom. The Balaban J connectivity index is 1.44. The second-order valence-corrected chi connectivity index (χ2v) is 10.00. The highest BCUT2D eigenvalue weighted by molar-refractivity contribution is 6.33. The number of aromatic nitrogens is 2. The second-order valence-electron chi connectivity index (χ2n) is 9.59. The first-order valence-electron chi connectivity index (χ1n) is 13.1. The molecule has 8 nitrogen and oxygen atoms in total. The minimum absolute atomic E-state index is 0.553. The van der Waals surface area contributed by atoms with E-state index in [1.165, 1.54) is 0 Å². The molecule has 0 saturated carbocycles. The quantitative estimate of drug-likeness (QED) is 0.165. The zero-order valence-electron chi connectivity index (χ0n) is 22.5. The molecule has 0 aliphatic carbocycles. The van der Waals surface area contributed by atoms with Crippen molar-refractivity contribution in [1.29, 1.82) is 0 Å². The molecule has 2 N–H and O–H groups in total. The van der Waals surface area contributed by atoms with Gasteiger partial charge in [-0.25, -0.2) is 4.98 Å². The Bertz CT molecular complexity index is 1530. The number of benzene rings is 2. The molecule has 5 rings (SSSR count). The number of fused-ring (bicyclic) bond motifs is 3. The van der Waals surface area contributed by atoms with Crippen LogP contribution in [0.3, 0.4) is 0 Å². The predicted octanol–water partition coefficient (Wildman–Crippen LogP) is 5.78. The van der Waals surface area contributed by atoms with Crippen molar-refractivity contribution in [1.82, 2.24) is 20.2 Å². The Morgan fingerprint density at radius 2 is 1.97 bits per heavy atom. The van der Waals surface area contributed by atoms with Gasteiger partial charge in [0, 0.05) is 73.1 Å². The number of morpholine rings is 1. The van der Waals surface area contributed by atoms with Crippen LogP contribution in [-0.4, -0.2) is 67.2 Å². The van der Waals surface area contributed by atoms with Crippen LogP contribution in [0.5, 0.6) is 5.75 Å². The number of pyridine rings is 2. The van der Waals surface area contributed by atoms with Crippen molar-refractivity contribution < 1.29 is 9.47 Å². The van der Waals surface area contributed by atoms with E-state index < -0.39 is 0 Å². The number of anilines is 2. The Labute approximate surface area is 233 Å². The first kappa shape index (κ1) is 26.9. The highest BCUT2D eigenvalue weighted by atomic mass is 35.5. The number of ether oxygens (including phenoxy) is 2. The lowest BCUT2D eigenvalue weighted by Gasteiger charge is -2.26. The van der Waals surface area contributed by atoms with E-state index in [9.17, 15) is 0 Å². The van der Waals surface area contributed by atoms with Gasteiger partial charge in [0.05, 0.1) is 29.4 Å². The van der Waals surface area contributed by atoms with Crippen molar-refractivity contribution in [3.05, 3.63) is 77.2 Å². The third kappa shape index (κ3) is 6.30. The molecule has 39 heavy (non-hydrogen) atoms. The van der Waals surface area contributed by atoms with Gasteiger partial charge in [-0.15, -0.1) is 0 Å². The lowest BCUT2D eigenvalue weighted by molar-refractivity contribution is 0.0322. The van der Waals surface area contributed by atoms with Crippen LogP contribution >= 0.6 is 11.6 Å². The first-order valence-corrected chi connectivity index (χ1v) is 13.4. The largest absolute Gasteiger partial charge is 0.492 e. The maximum atomic E-state index is 6.71. The van der Waals surface area contributed by atoms with Crippen LogP contribution < -0.4 is 15.4 Å².